The Hall–Kier alpha value is -2.87. The molecule has 1 aromatic carbocycles. The Morgan fingerprint density at radius 1 is 1.08 bits per heavy atom. The molecule has 1 spiro atoms. The highest BCUT2D eigenvalue weighted by Crippen LogP contribution is 2.44. The number of nitrogens with zero attached hydrogens (tertiary/aromatic N) is 2. The average molecular weight is 356 g/mol. The van der Waals surface area contributed by atoms with E-state index >= 15 is 0 Å². The number of para-hydroxylation sites is 2. The van der Waals surface area contributed by atoms with Crippen LogP contribution in [0.25, 0.3) is 11.1 Å². The summed E-state index contributed by atoms with van der Waals surface area (Å²) in [5.74, 6) is -2.84. The molecule has 134 valence electrons. The van der Waals surface area contributed by atoms with E-state index < -0.39 is 24.0 Å². The first-order valence-electron chi connectivity index (χ1n) is 8.55. The van der Waals surface area contributed by atoms with Crippen molar-refractivity contribution < 1.29 is 28.2 Å². The molecule has 0 saturated carbocycles. The maximum atomic E-state index is 12.1. The predicted octanol–water partition coefficient (Wildman–Crippen LogP) is 1.61. The number of oxazole rings is 1. The van der Waals surface area contributed by atoms with Crippen LogP contribution in [0.2, 0.25) is 0 Å². The molecular formula is C18H16N2O6. The minimum atomic E-state index is -1.60. The molecule has 8 heteroatoms. The number of carbonyl (C=O) groups excluding carboxylic acids is 2. The Morgan fingerprint density at radius 2 is 1.77 bits per heavy atom. The summed E-state index contributed by atoms with van der Waals surface area (Å²) in [4.78, 5) is 30.3. The average Bonchev–Trinajstić information content (AvgIpc) is 2.99. The van der Waals surface area contributed by atoms with Gasteiger partial charge in [0.15, 0.2) is 11.7 Å². The molecule has 1 unspecified atom stereocenters. The van der Waals surface area contributed by atoms with Crippen molar-refractivity contribution in [3.8, 4) is 6.08 Å². The third-order valence-electron chi connectivity index (χ3n) is 5.12. The molecule has 2 bridgehead atoms. The molecule has 26 heavy (non-hydrogen) atoms. The highest BCUT2D eigenvalue weighted by Gasteiger charge is 2.62. The van der Waals surface area contributed by atoms with Crippen molar-refractivity contribution in [1.29, 1.82) is 0 Å². The molecule has 4 aliphatic heterocycles. The summed E-state index contributed by atoms with van der Waals surface area (Å²) < 4.78 is 22.8. The summed E-state index contributed by atoms with van der Waals surface area (Å²) in [6, 6.07) is 7.29. The number of carbonyl (C=O) groups is 2. The van der Waals surface area contributed by atoms with Crippen molar-refractivity contribution in [2.45, 2.75) is 24.9 Å². The van der Waals surface area contributed by atoms with Crippen LogP contribution in [0.15, 0.2) is 40.8 Å². The van der Waals surface area contributed by atoms with Gasteiger partial charge in [-0.2, -0.15) is 4.98 Å². The molecule has 0 radical (unpaired) electrons. The van der Waals surface area contributed by atoms with Crippen molar-refractivity contribution in [2.75, 3.05) is 13.1 Å². The van der Waals surface area contributed by atoms with Gasteiger partial charge in [-0.1, -0.05) is 12.1 Å². The lowest BCUT2D eigenvalue weighted by atomic mass is 9.82. The molecule has 0 amide bonds. The molecule has 4 aliphatic rings. The first-order valence-corrected chi connectivity index (χ1v) is 8.55. The van der Waals surface area contributed by atoms with Gasteiger partial charge in [0.05, 0.1) is 0 Å². The summed E-state index contributed by atoms with van der Waals surface area (Å²) in [5.41, 5.74) is 1.25. The molecule has 3 fully saturated rings. The molecular weight excluding hydrogens is 340 g/mol. The van der Waals surface area contributed by atoms with E-state index in [4.69, 9.17) is 18.6 Å². The van der Waals surface area contributed by atoms with Crippen LogP contribution >= 0.6 is 0 Å². The Morgan fingerprint density at radius 3 is 2.46 bits per heavy atom. The molecule has 3 saturated heterocycles. The standard InChI is InChI=1S/C18H16N2O6/c21-14-5-6-15(22)26-18(25-14)16(11-7-9-20(18)10-8-11)24-17-19-12-3-1-2-4-13(12)23-17/h1-6,11,16H,7-10H2. The van der Waals surface area contributed by atoms with Gasteiger partial charge in [0.25, 0.3) is 0 Å². The third kappa shape index (κ3) is 2.29. The molecule has 1 atom stereocenters. The number of hydrogen-bond donors (Lipinski definition) is 0. The van der Waals surface area contributed by atoms with Gasteiger partial charge >= 0.3 is 23.9 Å². The van der Waals surface area contributed by atoms with Crippen molar-refractivity contribution in [3.63, 3.8) is 0 Å². The van der Waals surface area contributed by atoms with Crippen LogP contribution in [0.1, 0.15) is 12.8 Å². The fourth-order valence-electron chi connectivity index (χ4n) is 3.93. The van der Waals surface area contributed by atoms with E-state index in [1.807, 2.05) is 23.1 Å². The van der Waals surface area contributed by atoms with Gasteiger partial charge in [-0.25, -0.2) is 14.5 Å². The molecule has 1 aromatic heterocycles. The molecule has 0 N–H and O–H groups in total. The summed E-state index contributed by atoms with van der Waals surface area (Å²) >= 11 is 0. The maximum absolute atomic E-state index is 12.1. The Balaban J connectivity index is 1.54. The van der Waals surface area contributed by atoms with Gasteiger partial charge in [0.1, 0.15) is 5.52 Å². The molecule has 8 nitrogen and oxygen atoms in total. The topological polar surface area (TPSA) is 91.1 Å². The van der Waals surface area contributed by atoms with Gasteiger partial charge in [-0.05, 0) is 25.0 Å². The van der Waals surface area contributed by atoms with Crippen molar-refractivity contribution in [3.05, 3.63) is 36.4 Å². The summed E-state index contributed by atoms with van der Waals surface area (Å²) in [6.07, 6.45) is 3.16. The van der Waals surface area contributed by atoms with E-state index in [2.05, 4.69) is 4.98 Å². The molecule has 2 aromatic rings. The SMILES string of the molecule is O=C1C=CC(=O)OC2(O1)C(Oc1nc3ccccc3o1)C1CCN2CC1. The zero-order chi connectivity index (χ0) is 17.7. The first-order chi connectivity index (χ1) is 12.6. The summed E-state index contributed by atoms with van der Waals surface area (Å²) in [5, 5.41) is 0. The maximum Gasteiger partial charge on any atom is 0.395 e. The zero-order valence-corrected chi connectivity index (χ0v) is 13.8. The van der Waals surface area contributed by atoms with Gasteiger partial charge in [0, 0.05) is 31.2 Å². The van der Waals surface area contributed by atoms with E-state index in [-0.39, 0.29) is 12.0 Å². The van der Waals surface area contributed by atoms with Gasteiger partial charge in [-0.15, -0.1) is 0 Å². The van der Waals surface area contributed by atoms with Crippen LogP contribution in [0, 0.1) is 5.92 Å². The van der Waals surface area contributed by atoms with Crippen LogP contribution in [0.5, 0.6) is 6.08 Å². The molecule has 5 heterocycles. The normalized spacial score (nSPS) is 29.5. The third-order valence-corrected chi connectivity index (χ3v) is 5.12. The zero-order valence-electron chi connectivity index (χ0n) is 13.8. The van der Waals surface area contributed by atoms with Crippen molar-refractivity contribution in [2.24, 2.45) is 5.92 Å². The minimum Gasteiger partial charge on any atom is -0.436 e. The van der Waals surface area contributed by atoms with Crippen molar-refractivity contribution in [1.82, 2.24) is 9.88 Å². The predicted molar refractivity (Wildman–Crippen MR) is 86.8 cm³/mol. The van der Waals surface area contributed by atoms with Gasteiger partial charge in [-0.3, -0.25) is 0 Å². The number of rotatable bonds is 2. The smallest absolute Gasteiger partial charge is 0.395 e. The summed E-state index contributed by atoms with van der Waals surface area (Å²) in [6.45, 7) is 1.30. The fraction of sp³-hybridized carbons (Fsp3) is 0.389. The monoisotopic (exact) mass is 356 g/mol. The second-order valence-electron chi connectivity index (χ2n) is 6.62. The Labute approximate surface area is 148 Å². The van der Waals surface area contributed by atoms with Crippen LogP contribution in [0.4, 0.5) is 0 Å². The van der Waals surface area contributed by atoms with E-state index in [0.29, 0.717) is 24.2 Å². The fourth-order valence-corrected chi connectivity index (χ4v) is 3.93. The van der Waals surface area contributed by atoms with Gasteiger partial charge < -0.3 is 18.6 Å². The number of aromatic nitrogens is 1. The number of fused-ring (bicyclic) bond motifs is 3. The largest absolute Gasteiger partial charge is 0.436 e. The first kappa shape index (κ1) is 15.4. The second-order valence-corrected chi connectivity index (χ2v) is 6.62. The number of piperidine rings is 3. The van der Waals surface area contributed by atoms with Crippen LogP contribution in [-0.2, 0) is 19.1 Å². The Kier molecular flexibility index (Phi) is 3.30. The Bertz CT molecular complexity index is 858. The lowest BCUT2D eigenvalue weighted by Gasteiger charge is -2.54. The number of benzene rings is 1. The lowest BCUT2D eigenvalue weighted by molar-refractivity contribution is -0.350. The van der Waals surface area contributed by atoms with Crippen molar-refractivity contribution >= 4 is 23.0 Å². The number of hydrogen-bond acceptors (Lipinski definition) is 8. The van der Waals surface area contributed by atoms with Crippen LogP contribution in [-0.4, -0.2) is 46.9 Å². The lowest BCUT2D eigenvalue weighted by Crippen LogP contribution is -2.71. The van der Waals surface area contributed by atoms with E-state index in [0.717, 1.165) is 25.0 Å². The van der Waals surface area contributed by atoms with E-state index in [9.17, 15) is 9.59 Å². The molecule has 0 aliphatic carbocycles. The van der Waals surface area contributed by atoms with Crippen LogP contribution in [0.3, 0.4) is 0 Å². The van der Waals surface area contributed by atoms with Gasteiger partial charge in [0.2, 0.25) is 0 Å². The minimum absolute atomic E-state index is 0.0497. The number of esters is 2. The highest BCUT2D eigenvalue weighted by molar-refractivity contribution is 5.93. The highest BCUT2D eigenvalue weighted by atomic mass is 16.8. The quantitative estimate of drug-likeness (QED) is 0.750. The summed E-state index contributed by atoms with van der Waals surface area (Å²) in [7, 11) is 0. The number of ether oxygens (including phenoxy) is 3. The molecule has 6 rings (SSSR count). The second kappa shape index (κ2) is 5.57. The van der Waals surface area contributed by atoms with E-state index in [1.165, 1.54) is 0 Å². The van der Waals surface area contributed by atoms with Crippen LogP contribution < -0.4 is 4.74 Å². The van der Waals surface area contributed by atoms with E-state index in [1.54, 1.807) is 6.07 Å².